The fourth-order valence-electron chi connectivity index (χ4n) is 3.32. The van der Waals surface area contributed by atoms with Gasteiger partial charge in [0.2, 0.25) is 5.91 Å². The van der Waals surface area contributed by atoms with E-state index in [1.807, 2.05) is 37.3 Å². The molecule has 0 spiro atoms. The monoisotopic (exact) mass is 373 g/mol. The van der Waals surface area contributed by atoms with Crippen molar-refractivity contribution in [2.45, 2.75) is 52.1 Å². The Morgan fingerprint density at radius 2 is 2.00 bits per heavy atom. The van der Waals surface area contributed by atoms with Gasteiger partial charge in [-0.05, 0) is 45.2 Å². The second-order valence-corrected chi connectivity index (χ2v) is 7.12. The molecular formula is C21H35N5O. The minimum atomic E-state index is -0.0711. The summed E-state index contributed by atoms with van der Waals surface area (Å²) < 4.78 is 0. The number of hydrogen-bond acceptors (Lipinski definition) is 3. The van der Waals surface area contributed by atoms with Gasteiger partial charge in [0.25, 0.3) is 0 Å². The molecule has 1 unspecified atom stereocenters. The fourth-order valence-corrected chi connectivity index (χ4v) is 3.32. The molecule has 0 radical (unpaired) electrons. The van der Waals surface area contributed by atoms with E-state index in [-0.39, 0.29) is 12.5 Å². The van der Waals surface area contributed by atoms with Crippen LogP contribution >= 0.6 is 0 Å². The van der Waals surface area contributed by atoms with E-state index in [1.54, 1.807) is 0 Å². The summed E-state index contributed by atoms with van der Waals surface area (Å²) in [5, 5.41) is 9.44. The zero-order valence-corrected chi connectivity index (χ0v) is 16.8. The molecule has 1 saturated heterocycles. The Morgan fingerprint density at radius 1 is 1.19 bits per heavy atom. The average molecular weight is 374 g/mol. The van der Waals surface area contributed by atoms with Crippen LogP contribution in [0.2, 0.25) is 0 Å². The van der Waals surface area contributed by atoms with Gasteiger partial charge < -0.3 is 20.9 Å². The van der Waals surface area contributed by atoms with Gasteiger partial charge in [-0.3, -0.25) is 4.79 Å². The second-order valence-electron chi connectivity index (χ2n) is 7.12. The maximum atomic E-state index is 12.0. The summed E-state index contributed by atoms with van der Waals surface area (Å²) in [5.41, 5.74) is 1.09. The van der Waals surface area contributed by atoms with Crippen molar-refractivity contribution in [3.8, 4) is 0 Å². The largest absolute Gasteiger partial charge is 0.357 e. The molecule has 6 nitrogen and oxygen atoms in total. The van der Waals surface area contributed by atoms with Crippen LogP contribution in [0.25, 0.3) is 0 Å². The summed E-state index contributed by atoms with van der Waals surface area (Å²) in [6.07, 6.45) is 5.07. The lowest BCUT2D eigenvalue weighted by Crippen LogP contribution is -2.41. The Labute approximate surface area is 163 Å². The highest BCUT2D eigenvalue weighted by atomic mass is 16.1. The Balaban J connectivity index is 1.67. The van der Waals surface area contributed by atoms with Gasteiger partial charge in [0, 0.05) is 32.2 Å². The zero-order valence-electron chi connectivity index (χ0n) is 16.8. The van der Waals surface area contributed by atoms with Crippen LogP contribution in [0.4, 0.5) is 0 Å². The highest BCUT2D eigenvalue weighted by Crippen LogP contribution is 2.15. The maximum Gasteiger partial charge on any atom is 0.242 e. The minimum absolute atomic E-state index is 0.0711. The first-order valence-electron chi connectivity index (χ1n) is 10.3. The van der Waals surface area contributed by atoms with Crippen molar-refractivity contribution in [1.29, 1.82) is 0 Å². The molecule has 1 aromatic rings. The molecule has 0 aliphatic carbocycles. The van der Waals surface area contributed by atoms with E-state index in [0.717, 1.165) is 31.6 Å². The van der Waals surface area contributed by atoms with Crippen LogP contribution in [0.5, 0.6) is 0 Å². The lowest BCUT2D eigenvalue weighted by Gasteiger charge is -2.33. The number of likely N-dealkylation sites (tertiary alicyclic amines) is 1. The molecule has 6 heteroatoms. The number of carbonyl (C=O) groups excluding carboxylic acids is 1. The van der Waals surface area contributed by atoms with Gasteiger partial charge >= 0.3 is 0 Å². The predicted molar refractivity (Wildman–Crippen MR) is 112 cm³/mol. The molecule has 150 valence electrons. The lowest BCUT2D eigenvalue weighted by atomic mass is 10.0. The van der Waals surface area contributed by atoms with Crippen LogP contribution in [-0.4, -0.2) is 55.5 Å². The smallest absolute Gasteiger partial charge is 0.242 e. The average Bonchev–Trinajstić information content (AvgIpc) is 2.69. The van der Waals surface area contributed by atoms with Crippen LogP contribution in [0.15, 0.2) is 35.3 Å². The molecule has 0 saturated carbocycles. The fraction of sp³-hybridized carbons (Fsp3) is 0.619. The summed E-state index contributed by atoms with van der Waals surface area (Å²) in [6.45, 7) is 9.00. The van der Waals surface area contributed by atoms with Crippen molar-refractivity contribution in [3.63, 3.8) is 0 Å². The Hall–Kier alpha value is -2.08. The Bertz CT molecular complexity index is 575. The van der Waals surface area contributed by atoms with E-state index in [2.05, 4.69) is 32.8 Å². The maximum absolute atomic E-state index is 12.0. The van der Waals surface area contributed by atoms with Crippen LogP contribution in [0.3, 0.4) is 0 Å². The highest BCUT2D eigenvalue weighted by Gasteiger charge is 2.17. The topological polar surface area (TPSA) is 68.8 Å². The zero-order chi connectivity index (χ0) is 19.3. The number of amides is 1. The molecule has 1 aromatic carbocycles. The third-order valence-electron chi connectivity index (χ3n) is 4.91. The second kappa shape index (κ2) is 12.3. The van der Waals surface area contributed by atoms with Crippen molar-refractivity contribution in [1.82, 2.24) is 20.9 Å². The Kier molecular flexibility index (Phi) is 9.69. The van der Waals surface area contributed by atoms with E-state index < -0.39 is 0 Å². The number of rotatable bonds is 9. The SMILES string of the molecule is CCNC(=NCC(=O)NCc1ccccc1)NCCCN1CCCCC1C. The molecule has 1 atom stereocenters. The first kappa shape index (κ1) is 21.2. The first-order chi connectivity index (χ1) is 13.2. The minimum Gasteiger partial charge on any atom is -0.357 e. The number of carbonyl (C=O) groups is 1. The molecule has 3 N–H and O–H groups in total. The standard InChI is InChI=1S/C21H35N5O/c1-3-22-21(23-13-9-15-26-14-8-7-10-18(26)2)25-17-20(27)24-16-19-11-5-4-6-12-19/h4-6,11-12,18H,3,7-10,13-17H2,1-2H3,(H,24,27)(H2,22,23,25). The normalized spacial score (nSPS) is 18.1. The van der Waals surface area contributed by atoms with Crippen molar-refractivity contribution in [3.05, 3.63) is 35.9 Å². The van der Waals surface area contributed by atoms with Crippen molar-refractivity contribution in [2.75, 3.05) is 32.7 Å². The highest BCUT2D eigenvalue weighted by molar-refractivity contribution is 5.84. The number of aliphatic imine (C=N–C) groups is 1. The molecular weight excluding hydrogens is 338 g/mol. The van der Waals surface area contributed by atoms with Crippen LogP contribution in [0.1, 0.15) is 45.1 Å². The van der Waals surface area contributed by atoms with Crippen molar-refractivity contribution >= 4 is 11.9 Å². The molecule has 27 heavy (non-hydrogen) atoms. The van der Waals surface area contributed by atoms with E-state index in [9.17, 15) is 4.79 Å². The van der Waals surface area contributed by atoms with Gasteiger partial charge in [-0.1, -0.05) is 36.8 Å². The molecule has 2 rings (SSSR count). The van der Waals surface area contributed by atoms with Gasteiger partial charge in [-0.25, -0.2) is 4.99 Å². The molecule has 1 fully saturated rings. The summed E-state index contributed by atoms with van der Waals surface area (Å²) in [5.74, 6) is 0.636. The number of hydrogen-bond donors (Lipinski definition) is 3. The van der Waals surface area contributed by atoms with Crippen molar-refractivity contribution < 1.29 is 4.79 Å². The summed E-state index contributed by atoms with van der Waals surface area (Å²) in [6, 6.07) is 10.6. The number of benzene rings is 1. The van der Waals surface area contributed by atoms with E-state index in [1.165, 1.54) is 25.8 Å². The first-order valence-corrected chi connectivity index (χ1v) is 10.3. The van der Waals surface area contributed by atoms with Gasteiger partial charge in [0.15, 0.2) is 5.96 Å². The molecule has 1 amide bonds. The van der Waals surface area contributed by atoms with E-state index in [4.69, 9.17) is 0 Å². The van der Waals surface area contributed by atoms with Crippen LogP contribution in [-0.2, 0) is 11.3 Å². The van der Waals surface area contributed by atoms with Gasteiger partial charge in [0.1, 0.15) is 6.54 Å². The lowest BCUT2D eigenvalue weighted by molar-refractivity contribution is -0.119. The molecule has 1 aliphatic rings. The number of nitrogens with one attached hydrogen (secondary N) is 3. The van der Waals surface area contributed by atoms with Gasteiger partial charge in [-0.15, -0.1) is 0 Å². The number of nitrogens with zero attached hydrogens (tertiary/aromatic N) is 2. The number of piperidine rings is 1. The summed E-state index contributed by atoms with van der Waals surface area (Å²) in [4.78, 5) is 19.0. The third-order valence-corrected chi connectivity index (χ3v) is 4.91. The van der Waals surface area contributed by atoms with Crippen LogP contribution in [0, 0.1) is 0 Å². The van der Waals surface area contributed by atoms with Crippen molar-refractivity contribution in [2.24, 2.45) is 4.99 Å². The molecule has 1 heterocycles. The Morgan fingerprint density at radius 3 is 2.74 bits per heavy atom. The summed E-state index contributed by atoms with van der Waals surface area (Å²) >= 11 is 0. The molecule has 0 bridgehead atoms. The van der Waals surface area contributed by atoms with E-state index >= 15 is 0 Å². The van der Waals surface area contributed by atoms with Crippen LogP contribution < -0.4 is 16.0 Å². The number of guanidine groups is 1. The predicted octanol–water partition coefficient (Wildman–Crippen LogP) is 2.12. The molecule has 0 aromatic heterocycles. The van der Waals surface area contributed by atoms with Gasteiger partial charge in [-0.2, -0.15) is 0 Å². The van der Waals surface area contributed by atoms with E-state index in [0.29, 0.717) is 18.5 Å². The third kappa shape index (κ3) is 8.43. The summed E-state index contributed by atoms with van der Waals surface area (Å²) in [7, 11) is 0. The molecule has 1 aliphatic heterocycles. The quantitative estimate of drug-likeness (QED) is 0.352. The van der Waals surface area contributed by atoms with Gasteiger partial charge in [0.05, 0.1) is 0 Å².